The van der Waals surface area contributed by atoms with E-state index >= 15 is 0 Å². The minimum Gasteiger partial charge on any atom is -0.345 e. The highest BCUT2D eigenvalue weighted by molar-refractivity contribution is 5.97. The van der Waals surface area contributed by atoms with Crippen molar-refractivity contribution in [2.45, 2.75) is 32.7 Å². The number of aromatic nitrogens is 3. The number of para-hydroxylation sites is 1. The summed E-state index contributed by atoms with van der Waals surface area (Å²) in [6.07, 6.45) is 1.61. The number of aromatic amines is 1. The summed E-state index contributed by atoms with van der Waals surface area (Å²) in [5, 5.41) is 7.44. The number of nitrogens with one attached hydrogen (secondary N) is 3. The number of H-pyrrole nitrogens is 1. The lowest BCUT2D eigenvalue weighted by Gasteiger charge is -2.25. The fourth-order valence-corrected chi connectivity index (χ4v) is 4.09. The van der Waals surface area contributed by atoms with E-state index < -0.39 is 0 Å². The molecule has 5 rings (SSSR count). The SMILES string of the molecule is CCc1[nH]c(Nc2nc(C3Cc4ccccc4C(=O)N3)nc3ccccc23)cc1C. The summed E-state index contributed by atoms with van der Waals surface area (Å²) in [6, 6.07) is 17.4. The second kappa shape index (κ2) is 7.30. The van der Waals surface area contributed by atoms with Gasteiger partial charge in [0.15, 0.2) is 5.82 Å². The highest BCUT2D eigenvalue weighted by atomic mass is 16.1. The number of anilines is 2. The van der Waals surface area contributed by atoms with E-state index in [1.54, 1.807) is 0 Å². The van der Waals surface area contributed by atoms with Gasteiger partial charge in [-0.2, -0.15) is 0 Å². The van der Waals surface area contributed by atoms with Crippen molar-refractivity contribution < 1.29 is 4.79 Å². The van der Waals surface area contributed by atoms with Gasteiger partial charge in [0, 0.05) is 23.1 Å². The van der Waals surface area contributed by atoms with Crippen LogP contribution in [0.4, 0.5) is 11.6 Å². The highest BCUT2D eigenvalue weighted by Gasteiger charge is 2.27. The Balaban J connectivity index is 1.56. The molecule has 3 heterocycles. The number of hydrogen-bond acceptors (Lipinski definition) is 4. The first-order valence-corrected chi connectivity index (χ1v) is 10.2. The van der Waals surface area contributed by atoms with Gasteiger partial charge < -0.3 is 15.6 Å². The number of aryl methyl sites for hydroxylation is 2. The molecule has 150 valence electrons. The molecular weight excluding hydrogens is 374 g/mol. The van der Waals surface area contributed by atoms with Crippen molar-refractivity contribution in [2.75, 3.05) is 5.32 Å². The molecule has 4 aromatic rings. The first-order valence-electron chi connectivity index (χ1n) is 10.2. The minimum absolute atomic E-state index is 0.0827. The molecule has 0 spiro atoms. The van der Waals surface area contributed by atoms with Crippen LogP contribution in [0.25, 0.3) is 10.9 Å². The molecular formula is C24H23N5O. The van der Waals surface area contributed by atoms with E-state index in [0.717, 1.165) is 40.1 Å². The van der Waals surface area contributed by atoms with Gasteiger partial charge in [-0.3, -0.25) is 4.79 Å². The molecule has 30 heavy (non-hydrogen) atoms. The highest BCUT2D eigenvalue weighted by Crippen LogP contribution is 2.29. The van der Waals surface area contributed by atoms with Crippen LogP contribution >= 0.6 is 0 Å². The first-order chi connectivity index (χ1) is 14.6. The predicted octanol–water partition coefficient (Wildman–Crippen LogP) is 4.60. The number of carbonyl (C=O) groups excluding carboxylic acids is 1. The van der Waals surface area contributed by atoms with Crippen molar-refractivity contribution in [1.82, 2.24) is 20.3 Å². The summed E-state index contributed by atoms with van der Waals surface area (Å²) >= 11 is 0. The zero-order valence-corrected chi connectivity index (χ0v) is 17.0. The summed E-state index contributed by atoms with van der Waals surface area (Å²) < 4.78 is 0. The summed E-state index contributed by atoms with van der Waals surface area (Å²) in [6.45, 7) is 4.23. The van der Waals surface area contributed by atoms with Gasteiger partial charge in [-0.1, -0.05) is 37.3 Å². The van der Waals surface area contributed by atoms with Gasteiger partial charge in [-0.05, 0) is 48.7 Å². The molecule has 3 N–H and O–H groups in total. The van der Waals surface area contributed by atoms with Gasteiger partial charge in [-0.15, -0.1) is 0 Å². The molecule has 2 aromatic carbocycles. The van der Waals surface area contributed by atoms with Crippen molar-refractivity contribution in [1.29, 1.82) is 0 Å². The molecule has 0 fully saturated rings. The zero-order valence-electron chi connectivity index (χ0n) is 17.0. The quantitative estimate of drug-likeness (QED) is 0.470. The first kappa shape index (κ1) is 18.4. The largest absolute Gasteiger partial charge is 0.345 e. The topological polar surface area (TPSA) is 82.7 Å². The summed E-state index contributed by atoms with van der Waals surface area (Å²) in [4.78, 5) is 25.6. The number of fused-ring (bicyclic) bond motifs is 2. The summed E-state index contributed by atoms with van der Waals surface area (Å²) in [5.41, 5.74) is 5.01. The third-order valence-electron chi connectivity index (χ3n) is 5.65. The molecule has 0 saturated heterocycles. The maximum Gasteiger partial charge on any atom is 0.252 e. The monoisotopic (exact) mass is 397 g/mol. The Hall–Kier alpha value is -3.67. The predicted molar refractivity (Wildman–Crippen MR) is 118 cm³/mol. The van der Waals surface area contributed by atoms with Crippen LogP contribution in [0.3, 0.4) is 0 Å². The lowest BCUT2D eigenvalue weighted by Crippen LogP contribution is -2.36. The van der Waals surface area contributed by atoms with Gasteiger partial charge in [0.2, 0.25) is 0 Å². The molecule has 1 aliphatic rings. The van der Waals surface area contributed by atoms with Crippen LogP contribution < -0.4 is 10.6 Å². The molecule has 0 aliphatic carbocycles. The van der Waals surface area contributed by atoms with Crippen molar-refractivity contribution in [3.8, 4) is 0 Å². The maximum absolute atomic E-state index is 12.6. The average Bonchev–Trinajstić information content (AvgIpc) is 3.12. The van der Waals surface area contributed by atoms with Crippen molar-refractivity contribution in [3.63, 3.8) is 0 Å². The fourth-order valence-electron chi connectivity index (χ4n) is 4.09. The van der Waals surface area contributed by atoms with Gasteiger partial charge >= 0.3 is 0 Å². The van der Waals surface area contributed by atoms with E-state index in [1.807, 2.05) is 48.5 Å². The van der Waals surface area contributed by atoms with Crippen LogP contribution in [0.15, 0.2) is 54.6 Å². The van der Waals surface area contributed by atoms with Gasteiger partial charge in [0.1, 0.15) is 11.6 Å². The Bertz CT molecular complexity index is 1260. The van der Waals surface area contributed by atoms with E-state index in [1.165, 1.54) is 11.3 Å². The summed E-state index contributed by atoms with van der Waals surface area (Å²) in [5.74, 6) is 2.16. The van der Waals surface area contributed by atoms with E-state index in [2.05, 4.69) is 35.5 Å². The molecule has 1 atom stereocenters. The van der Waals surface area contributed by atoms with Crippen molar-refractivity contribution >= 4 is 28.4 Å². The number of carbonyl (C=O) groups is 1. The average molecular weight is 397 g/mol. The van der Waals surface area contributed by atoms with Gasteiger partial charge in [-0.25, -0.2) is 9.97 Å². The molecule has 1 unspecified atom stereocenters. The van der Waals surface area contributed by atoms with Gasteiger partial charge in [0.05, 0.1) is 11.6 Å². The molecule has 1 amide bonds. The lowest BCUT2D eigenvalue weighted by molar-refractivity contribution is 0.0923. The zero-order chi connectivity index (χ0) is 20.7. The Labute approximate surface area is 174 Å². The molecule has 0 radical (unpaired) electrons. The second-order valence-corrected chi connectivity index (χ2v) is 7.66. The van der Waals surface area contributed by atoms with Crippen molar-refractivity contribution in [3.05, 3.63) is 82.8 Å². The number of rotatable bonds is 4. The van der Waals surface area contributed by atoms with E-state index in [-0.39, 0.29) is 11.9 Å². The summed E-state index contributed by atoms with van der Waals surface area (Å²) in [7, 11) is 0. The van der Waals surface area contributed by atoms with Crippen LogP contribution in [0, 0.1) is 6.92 Å². The van der Waals surface area contributed by atoms with Crippen LogP contribution in [-0.2, 0) is 12.8 Å². The Morgan fingerprint density at radius 1 is 1.10 bits per heavy atom. The smallest absolute Gasteiger partial charge is 0.252 e. The van der Waals surface area contributed by atoms with E-state index in [0.29, 0.717) is 12.2 Å². The Kier molecular flexibility index (Phi) is 4.47. The minimum atomic E-state index is -0.269. The number of hydrogen-bond donors (Lipinski definition) is 3. The number of nitrogens with zero attached hydrogens (tertiary/aromatic N) is 2. The van der Waals surface area contributed by atoms with Gasteiger partial charge in [0.25, 0.3) is 5.91 Å². The fraction of sp³-hybridized carbons (Fsp3) is 0.208. The molecule has 6 nitrogen and oxygen atoms in total. The molecule has 2 aromatic heterocycles. The van der Waals surface area contributed by atoms with Crippen LogP contribution in [0.2, 0.25) is 0 Å². The number of benzene rings is 2. The van der Waals surface area contributed by atoms with Crippen LogP contribution in [0.1, 0.15) is 46.0 Å². The molecule has 6 heteroatoms. The van der Waals surface area contributed by atoms with E-state index in [4.69, 9.17) is 9.97 Å². The molecule has 0 saturated carbocycles. The third-order valence-corrected chi connectivity index (χ3v) is 5.65. The van der Waals surface area contributed by atoms with Crippen LogP contribution in [0.5, 0.6) is 0 Å². The number of amides is 1. The van der Waals surface area contributed by atoms with Crippen molar-refractivity contribution in [2.24, 2.45) is 0 Å². The third kappa shape index (κ3) is 3.20. The Morgan fingerprint density at radius 2 is 1.90 bits per heavy atom. The standard InChI is InChI=1S/C24H23N5O/c1-3-18-14(2)12-21(25-18)28-22-17-10-6-7-11-19(17)26-23(29-22)20-13-15-8-4-5-9-16(15)24(30)27-20/h4-12,20,25H,3,13H2,1-2H3,(H,27,30)(H,26,28,29). The second-order valence-electron chi connectivity index (χ2n) is 7.66. The lowest BCUT2D eigenvalue weighted by atomic mass is 9.95. The molecule has 1 aliphatic heterocycles. The van der Waals surface area contributed by atoms with E-state index in [9.17, 15) is 4.79 Å². The maximum atomic E-state index is 12.6. The normalized spacial score (nSPS) is 15.7. The van der Waals surface area contributed by atoms with Crippen LogP contribution in [-0.4, -0.2) is 20.9 Å². The molecule has 0 bridgehead atoms. The Morgan fingerprint density at radius 3 is 2.73 bits per heavy atom.